The monoisotopic (exact) mass is 994 g/mol. The molecule has 6 heterocycles. The number of likely N-dealkylation sites (tertiary alicyclic amines) is 2. The average molecular weight is 995 g/mol. The summed E-state index contributed by atoms with van der Waals surface area (Å²) in [5.74, 6) is -2.46. The fourth-order valence-corrected chi connectivity index (χ4v) is 11.7. The molecule has 6 aromatic rings. The minimum atomic E-state index is -0.833. The number of aliphatic hydroxyl groups is 2. The zero-order valence-electron chi connectivity index (χ0n) is 42.0. The summed E-state index contributed by atoms with van der Waals surface area (Å²) in [6.07, 6.45) is 7.60. The van der Waals surface area contributed by atoms with E-state index in [1.807, 2.05) is 147 Å². The minimum absolute atomic E-state index is 0.120. The van der Waals surface area contributed by atoms with Gasteiger partial charge in [-0.1, -0.05) is 123 Å². The molecule has 380 valence electrons. The van der Waals surface area contributed by atoms with Crippen molar-refractivity contribution < 1.29 is 29.4 Å². The first-order valence-corrected chi connectivity index (χ1v) is 25.5. The molecule has 2 saturated heterocycles. The van der Waals surface area contributed by atoms with Crippen molar-refractivity contribution in [3.05, 3.63) is 189 Å². The van der Waals surface area contributed by atoms with Crippen molar-refractivity contribution in [2.75, 3.05) is 23.8 Å². The van der Waals surface area contributed by atoms with E-state index in [0.717, 1.165) is 22.3 Å². The van der Waals surface area contributed by atoms with Crippen LogP contribution < -0.4 is 21.8 Å². The maximum atomic E-state index is 13.6. The van der Waals surface area contributed by atoms with Crippen LogP contribution in [0.2, 0.25) is 0 Å². The van der Waals surface area contributed by atoms with Crippen LogP contribution in [0.15, 0.2) is 155 Å². The van der Waals surface area contributed by atoms with Gasteiger partial charge in [0.25, 0.3) is 11.1 Å². The predicted octanol–water partition coefficient (Wildman–Crippen LogP) is 8.17. The summed E-state index contributed by atoms with van der Waals surface area (Å²) < 4.78 is 3.39. The van der Waals surface area contributed by atoms with Crippen molar-refractivity contribution in [3.63, 3.8) is 0 Å². The molecule has 14 heteroatoms. The Kier molecular flexibility index (Phi) is 15.2. The lowest BCUT2D eigenvalue weighted by Crippen LogP contribution is -2.48. The fraction of sp³-hybridized carbons (Fsp3) is 0.300. The Balaban J connectivity index is 0.000000182. The minimum Gasteiger partial charge on any atom is -0.396 e. The molecule has 0 aliphatic carbocycles. The molecule has 4 aliphatic rings. The smallest absolute Gasteiger partial charge is 0.258 e. The van der Waals surface area contributed by atoms with Gasteiger partial charge >= 0.3 is 0 Å². The number of allylic oxidation sites excluding steroid dienone is 2. The van der Waals surface area contributed by atoms with E-state index < -0.39 is 36.0 Å². The Morgan fingerprint density at radius 2 is 0.865 bits per heavy atom. The molecule has 0 bridgehead atoms. The molecule has 8 atom stereocenters. The molecule has 0 unspecified atom stereocenters. The average Bonchev–Trinajstić information content (AvgIpc) is 4.18. The zero-order chi connectivity index (χ0) is 52.2. The summed E-state index contributed by atoms with van der Waals surface area (Å²) in [6, 6.07) is 39.8. The molecule has 74 heavy (non-hydrogen) atoms. The maximum Gasteiger partial charge on any atom is 0.258 e. The van der Waals surface area contributed by atoms with Gasteiger partial charge in [0.15, 0.2) is 0 Å². The van der Waals surface area contributed by atoms with Crippen LogP contribution in [0.1, 0.15) is 75.1 Å². The van der Waals surface area contributed by atoms with Gasteiger partial charge in [0.2, 0.25) is 23.6 Å². The van der Waals surface area contributed by atoms with Crippen molar-refractivity contribution in [1.82, 2.24) is 18.9 Å². The number of carbonyl (C=O) groups is 4. The van der Waals surface area contributed by atoms with Gasteiger partial charge in [-0.05, 0) is 84.6 Å². The predicted molar refractivity (Wildman–Crippen MR) is 287 cm³/mol. The highest BCUT2D eigenvalue weighted by Crippen LogP contribution is 2.51. The number of nitrogens with one attached hydrogen (secondary N) is 2. The van der Waals surface area contributed by atoms with Gasteiger partial charge in [-0.3, -0.25) is 28.8 Å². The van der Waals surface area contributed by atoms with Crippen LogP contribution in [0.4, 0.5) is 11.4 Å². The molecule has 4 amide bonds. The van der Waals surface area contributed by atoms with Gasteiger partial charge in [0.05, 0.1) is 12.1 Å². The van der Waals surface area contributed by atoms with Gasteiger partial charge in [0, 0.05) is 96.7 Å². The third-order valence-electron chi connectivity index (χ3n) is 15.1. The van der Waals surface area contributed by atoms with Crippen LogP contribution in [0.5, 0.6) is 0 Å². The first-order valence-electron chi connectivity index (χ1n) is 25.5. The second-order valence-electron chi connectivity index (χ2n) is 19.2. The lowest BCUT2D eigenvalue weighted by atomic mass is 9.88. The fourth-order valence-electron chi connectivity index (χ4n) is 11.7. The third kappa shape index (κ3) is 9.46. The molecule has 0 radical (unpaired) electrons. The quantitative estimate of drug-likeness (QED) is 0.0947. The zero-order valence-corrected chi connectivity index (χ0v) is 42.0. The van der Waals surface area contributed by atoms with Gasteiger partial charge < -0.3 is 39.8 Å². The lowest BCUT2D eigenvalue weighted by Gasteiger charge is -2.30. The SMILES string of the molecule is C/C=C/c1ccc2n(c1=O)C[C@H]1[C@H](CO)[C@@H](C(=O)Nc3ccc(-c4ccccc4)cc3)N(C(=O)CC)[C@@H]21.C/C=C\c1ccc2n(c1=O)C[C@H]1[C@H](CO)[C@@H](C(=O)Nc3ccc(-c4ccccc4)cc3)N(C(=O)CC)[C@@H]21. The molecular formula is C60H62N6O8. The normalized spacial score (nSPS) is 22.2. The number of aliphatic hydroxyl groups excluding tert-OH is 2. The van der Waals surface area contributed by atoms with Crippen molar-refractivity contribution in [3.8, 4) is 22.3 Å². The molecule has 10 rings (SSSR count). The van der Waals surface area contributed by atoms with Crippen LogP contribution in [0.3, 0.4) is 0 Å². The summed E-state index contributed by atoms with van der Waals surface area (Å²) in [5.41, 5.74) is 7.80. The number of rotatable bonds is 12. The molecule has 2 fully saturated rings. The molecule has 0 spiro atoms. The number of fused-ring (bicyclic) bond motifs is 6. The largest absolute Gasteiger partial charge is 0.396 e. The Hall–Kier alpha value is -7.94. The number of aromatic nitrogens is 2. The van der Waals surface area contributed by atoms with E-state index in [0.29, 0.717) is 47.0 Å². The standard InChI is InChI=1S/2C30H31N3O4/c2*1-3-8-21-13-16-25-27-23(17-32(25)30(21)37)24(18-34)28(33(27)26(35)4-2)29(36)31-22-14-11-20(12-15-22)19-9-6-5-7-10-19/h2*3,5-16,23-24,27-28,34H,4,17-18H2,1-2H3,(H,31,36)/b8-3+;8-3-/t2*23-,24-,27+,28-/m00/s1. The highest BCUT2D eigenvalue weighted by atomic mass is 16.3. The van der Waals surface area contributed by atoms with E-state index in [1.165, 1.54) is 0 Å². The van der Waals surface area contributed by atoms with E-state index in [4.69, 9.17) is 0 Å². The van der Waals surface area contributed by atoms with Crippen LogP contribution in [-0.4, -0.2) is 78.1 Å². The molecule has 4 aromatic carbocycles. The number of nitrogens with zero attached hydrogens (tertiary/aromatic N) is 4. The lowest BCUT2D eigenvalue weighted by molar-refractivity contribution is -0.139. The van der Waals surface area contributed by atoms with Crippen LogP contribution in [0.25, 0.3) is 34.4 Å². The van der Waals surface area contributed by atoms with Crippen molar-refractivity contribution >= 4 is 47.2 Å². The molecule has 4 aliphatic heterocycles. The van der Waals surface area contributed by atoms with Crippen molar-refractivity contribution in [1.29, 1.82) is 0 Å². The number of carbonyl (C=O) groups excluding carboxylic acids is 4. The first kappa shape index (κ1) is 51.0. The molecule has 4 N–H and O–H groups in total. The van der Waals surface area contributed by atoms with Crippen molar-refractivity contribution in [2.24, 2.45) is 23.7 Å². The number of hydrogen-bond donors (Lipinski definition) is 4. The summed E-state index contributed by atoms with van der Waals surface area (Å²) in [7, 11) is 0. The van der Waals surface area contributed by atoms with E-state index >= 15 is 0 Å². The van der Waals surface area contributed by atoms with Gasteiger partial charge in [0.1, 0.15) is 12.1 Å². The molecule has 14 nitrogen and oxygen atoms in total. The number of anilines is 2. The number of benzene rings is 4. The van der Waals surface area contributed by atoms with Crippen LogP contribution >= 0.6 is 0 Å². The summed E-state index contributed by atoms with van der Waals surface area (Å²) in [6.45, 7) is 7.43. The van der Waals surface area contributed by atoms with Crippen molar-refractivity contribution in [2.45, 2.75) is 77.8 Å². The van der Waals surface area contributed by atoms with E-state index in [-0.39, 0.29) is 72.6 Å². The van der Waals surface area contributed by atoms with Gasteiger partial charge in [-0.2, -0.15) is 0 Å². The summed E-state index contributed by atoms with van der Waals surface area (Å²) >= 11 is 0. The summed E-state index contributed by atoms with van der Waals surface area (Å²) in [5, 5.41) is 26.7. The summed E-state index contributed by atoms with van der Waals surface area (Å²) in [4.78, 5) is 83.0. The van der Waals surface area contributed by atoms with Gasteiger partial charge in [-0.15, -0.1) is 0 Å². The van der Waals surface area contributed by atoms with E-state index in [9.17, 15) is 39.0 Å². The Morgan fingerprint density at radius 1 is 0.514 bits per heavy atom. The number of pyridine rings is 2. The van der Waals surface area contributed by atoms with Gasteiger partial charge in [-0.25, -0.2) is 0 Å². The van der Waals surface area contributed by atoms with Crippen LogP contribution in [0, 0.1) is 23.7 Å². The van der Waals surface area contributed by atoms with Crippen LogP contribution in [-0.2, 0) is 32.3 Å². The highest BCUT2D eigenvalue weighted by Gasteiger charge is 2.58. The molecule has 2 aromatic heterocycles. The number of amides is 4. The highest BCUT2D eigenvalue weighted by molar-refractivity contribution is 5.99. The Labute approximate surface area is 430 Å². The Bertz CT molecular complexity index is 3010. The Morgan fingerprint density at radius 3 is 1.19 bits per heavy atom. The second kappa shape index (κ2) is 22.0. The second-order valence-corrected chi connectivity index (χ2v) is 19.2. The maximum absolute atomic E-state index is 13.6. The van der Waals surface area contributed by atoms with E-state index in [1.54, 1.807) is 57.1 Å². The topological polar surface area (TPSA) is 183 Å². The third-order valence-corrected chi connectivity index (χ3v) is 15.1. The molecular weight excluding hydrogens is 933 g/mol. The molecule has 0 saturated carbocycles. The van der Waals surface area contributed by atoms with E-state index in [2.05, 4.69) is 10.6 Å². The number of hydrogen-bond acceptors (Lipinski definition) is 8. The first-order chi connectivity index (χ1) is 36.0.